The van der Waals surface area contributed by atoms with E-state index in [2.05, 4.69) is 234 Å². The fraction of sp³-hybridized carbons (Fsp3) is 0. The van der Waals surface area contributed by atoms with Crippen molar-refractivity contribution in [2.24, 2.45) is 0 Å². The van der Waals surface area contributed by atoms with Crippen LogP contribution in [0.3, 0.4) is 0 Å². The molecule has 0 saturated heterocycles. The highest BCUT2D eigenvalue weighted by Gasteiger charge is 2.25. The number of hydrogen-bond donors (Lipinski definition) is 0. The molecule has 0 aliphatic heterocycles. The molecule has 0 atom stereocenters. The maximum atomic E-state index is 7.38. The third-order valence-electron chi connectivity index (χ3n) is 13.6. The van der Waals surface area contributed by atoms with Gasteiger partial charge >= 0.3 is 0 Å². The zero-order valence-electron chi connectivity index (χ0n) is 37.2. The Morgan fingerprint density at radius 3 is 1.43 bits per heavy atom. The van der Waals surface area contributed by atoms with Crippen molar-refractivity contribution in [3.8, 4) is 67.8 Å². The van der Waals surface area contributed by atoms with Crippen LogP contribution in [0.2, 0.25) is 0 Å². The molecule has 10 aromatic carbocycles. The highest BCUT2D eigenvalue weighted by Crippen LogP contribution is 2.45. The molecule has 0 unspecified atom stereocenters. The zero-order valence-corrected chi connectivity index (χ0v) is 37.2. The summed E-state index contributed by atoms with van der Waals surface area (Å²) in [5.74, 6) is 1.75. The normalized spacial score (nSPS) is 11.8. The van der Waals surface area contributed by atoms with E-state index in [1.54, 1.807) is 0 Å². The monoisotopic (exact) mass is 881 g/mol. The Bertz CT molecular complexity index is 4300. The van der Waals surface area contributed by atoms with Crippen LogP contribution in [0.25, 0.3) is 133 Å². The van der Waals surface area contributed by atoms with Crippen molar-refractivity contribution in [1.82, 2.24) is 24.1 Å². The van der Waals surface area contributed by atoms with E-state index < -0.39 is 0 Å². The van der Waals surface area contributed by atoms with Crippen LogP contribution in [0.15, 0.2) is 241 Å². The van der Waals surface area contributed by atoms with Crippen LogP contribution in [-0.4, -0.2) is 24.1 Å². The third-order valence-corrected chi connectivity index (χ3v) is 13.6. The lowest BCUT2D eigenvalue weighted by Gasteiger charge is -2.15. The highest BCUT2D eigenvalue weighted by molar-refractivity contribution is 6.26. The standard InChI is InChI=1S/C63H39N5O/c1-4-19-40(20-5-1)42-23-18-24-43(39-42)61-64-62(52-30-11-10-27-45(52)41-21-6-2-7-22-41)66-63(65-61)53-31-14-17-34-56(53)68-55-33-16-13-29-47(55)49-36-38-51-50-37-35-48-46-28-12-15-32-54(46)67(44-25-8-3-9-26-44)57(48)59(50)69-60(51)58(49)68/h1-39H. The molecule has 0 aliphatic carbocycles. The van der Waals surface area contributed by atoms with Crippen LogP contribution in [0.1, 0.15) is 0 Å². The molecule has 0 amide bonds. The van der Waals surface area contributed by atoms with Crippen molar-refractivity contribution in [3.05, 3.63) is 237 Å². The molecule has 4 heterocycles. The van der Waals surface area contributed by atoms with Crippen LogP contribution in [0.5, 0.6) is 0 Å². The first-order valence-electron chi connectivity index (χ1n) is 23.3. The minimum atomic E-state index is 0.565. The van der Waals surface area contributed by atoms with Gasteiger partial charge in [-0.1, -0.05) is 182 Å². The molecular formula is C63H39N5O. The summed E-state index contributed by atoms with van der Waals surface area (Å²) in [4.78, 5) is 16.1. The first-order chi connectivity index (χ1) is 34.2. The fourth-order valence-electron chi connectivity index (χ4n) is 10.5. The number of nitrogens with zero attached hydrogens (tertiary/aromatic N) is 5. The second kappa shape index (κ2) is 15.6. The maximum Gasteiger partial charge on any atom is 0.166 e. The first kappa shape index (κ1) is 38.8. The Hall–Kier alpha value is -9.39. The summed E-state index contributed by atoms with van der Waals surface area (Å²) in [6, 6.07) is 83.0. The lowest BCUT2D eigenvalue weighted by Crippen LogP contribution is -2.04. The molecule has 6 heteroatoms. The molecule has 0 radical (unpaired) electrons. The molecule has 0 bridgehead atoms. The van der Waals surface area contributed by atoms with Crippen LogP contribution >= 0.6 is 0 Å². The minimum absolute atomic E-state index is 0.565. The van der Waals surface area contributed by atoms with Gasteiger partial charge in [-0.3, -0.25) is 0 Å². The van der Waals surface area contributed by atoms with Crippen molar-refractivity contribution in [2.45, 2.75) is 0 Å². The molecule has 6 nitrogen and oxygen atoms in total. The number of para-hydroxylation sites is 4. The quantitative estimate of drug-likeness (QED) is 0.160. The van der Waals surface area contributed by atoms with E-state index in [1.165, 1.54) is 5.39 Å². The van der Waals surface area contributed by atoms with Gasteiger partial charge in [-0.05, 0) is 76.9 Å². The van der Waals surface area contributed by atoms with E-state index in [9.17, 15) is 0 Å². The van der Waals surface area contributed by atoms with Gasteiger partial charge in [0.2, 0.25) is 0 Å². The smallest absolute Gasteiger partial charge is 0.166 e. The molecule has 0 aliphatic rings. The number of aromatic nitrogens is 5. The van der Waals surface area contributed by atoms with E-state index in [0.29, 0.717) is 17.5 Å². The summed E-state index contributed by atoms with van der Waals surface area (Å²) in [6.45, 7) is 0. The summed E-state index contributed by atoms with van der Waals surface area (Å²) in [7, 11) is 0. The third kappa shape index (κ3) is 6.16. The van der Waals surface area contributed by atoms with Gasteiger partial charge in [0, 0.05) is 54.7 Å². The Morgan fingerprint density at radius 2 is 0.754 bits per heavy atom. The van der Waals surface area contributed by atoms with Crippen LogP contribution in [0, 0.1) is 0 Å². The lowest BCUT2D eigenvalue weighted by atomic mass is 9.99. The van der Waals surface area contributed by atoms with Gasteiger partial charge in [0.25, 0.3) is 0 Å². The molecule has 4 aromatic heterocycles. The summed E-state index contributed by atoms with van der Waals surface area (Å²) in [6.07, 6.45) is 0. The largest absolute Gasteiger partial charge is 0.452 e. The number of hydrogen-bond acceptors (Lipinski definition) is 4. The van der Waals surface area contributed by atoms with Gasteiger partial charge in [-0.15, -0.1) is 0 Å². The van der Waals surface area contributed by atoms with Crippen LogP contribution < -0.4 is 0 Å². The van der Waals surface area contributed by atoms with Gasteiger partial charge in [-0.25, -0.2) is 15.0 Å². The van der Waals surface area contributed by atoms with E-state index in [1.807, 2.05) is 12.1 Å². The SMILES string of the molecule is c1ccc(-c2cccc(-c3nc(-c4ccccc4-c4ccccc4)nc(-c4ccccc4-n4c5ccccc5c5ccc6c7ccc8c9ccccc9n(-c9ccccc9)c8c7oc6c54)n3)c2)cc1. The summed E-state index contributed by atoms with van der Waals surface area (Å²) in [5.41, 5.74) is 14.9. The van der Waals surface area contributed by atoms with Crippen molar-refractivity contribution in [3.63, 3.8) is 0 Å². The second-order valence-electron chi connectivity index (χ2n) is 17.5. The Morgan fingerprint density at radius 1 is 0.290 bits per heavy atom. The summed E-state index contributed by atoms with van der Waals surface area (Å²) < 4.78 is 12.1. The Labute approximate surface area is 396 Å². The van der Waals surface area contributed by atoms with Crippen LogP contribution in [-0.2, 0) is 0 Å². The van der Waals surface area contributed by atoms with Crippen molar-refractivity contribution < 1.29 is 4.42 Å². The second-order valence-corrected chi connectivity index (χ2v) is 17.5. The van der Waals surface area contributed by atoms with E-state index in [0.717, 1.165) is 110 Å². The molecule has 14 rings (SSSR count). The van der Waals surface area contributed by atoms with Crippen molar-refractivity contribution in [1.29, 1.82) is 0 Å². The molecule has 0 spiro atoms. The fourth-order valence-corrected chi connectivity index (χ4v) is 10.5. The summed E-state index contributed by atoms with van der Waals surface area (Å²) >= 11 is 0. The molecule has 0 N–H and O–H groups in total. The summed E-state index contributed by atoms with van der Waals surface area (Å²) in [5, 5.41) is 6.66. The Balaban J connectivity index is 1.04. The molecule has 69 heavy (non-hydrogen) atoms. The first-order valence-corrected chi connectivity index (χ1v) is 23.3. The number of rotatable bonds is 7. The molecule has 322 valence electrons. The van der Waals surface area contributed by atoms with Gasteiger partial charge in [0.15, 0.2) is 28.6 Å². The average Bonchev–Trinajstić information content (AvgIpc) is 4.10. The highest BCUT2D eigenvalue weighted by atomic mass is 16.3. The van der Waals surface area contributed by atoms with Crippen molar-refractivity contribution >= 4 is 65.6 Å². The molecule has 0 saturated carbocycles. The predicted molar refractivity (Wildman–Crippen MR) is 283 cm³/mol. The molecular weight excluding hydrogens is 843 g/mol. The Kier molecular flexibility index (Phi) is 8.79. The van der Waals surface area contributed by atoms with Gasteiger partial charge in [0.05, 0.1) is 27.8 Å². The minimum Gasteiger partial charge on any atom is -0.452 e. The van der Waals surface area contributed by atoms with Crippen molar-refractivity contribution in [2.75, 3.05) is 0 Å². The van der Waals surface area contributed by atoms with E-state index in [4.69, 9.17) is 19.4 Å². The van der Waals surface area contributed by atoms with Crippen LogP contribution in [0.4, 0.5) is 0 Å². The number of furan rings is 1. The van der Waals surface area contributed by atoms with E-state index >= 15 is 0 Å². The number of fused-ring (bicyclic) bond motifs is 11. The average molecular weight is 882 g/mol. The zero-order chi connectivity index (χ0) is 45.4. The van der Waals surface area contributed by atoms with Gasteiger partial charge < -0.3 is 13.6 Å². The van der Waals surface area contributed by atoms with Gasteiger partial charge in [-0.2, -0.15) is 0 Å². The topological polar surface area (TPSA) is 61.7 Å². The van der Waals surface area contributed by atoms with Gasteiger partial charge in [0.1, 0.15) is 0 Å². The lowest BCUT2D eigenvalue weighted by molar-refractivity contribution is 0.673. The molecule has 14 aromatic rings. The number of benzene rings is 10. The van der Waals surface area contributed by atoms with E-state index in [-0.39, 0.29) is 0 Å². The maximum absolute atomic E-state index is 7.38. The molecule has 0 fully saturated rings. The predicted octanol–water partition coefficient (Wildman–Crippen LogP) is 16.3.